The molecule has 0 unspecified atom stereocenters. The summed E-state index contributed by atoms with van der Waals surface area (Å²) in [6.45, 7) is 4.16. The van der Waals surface area contributed by atoms with Crippen LogP contribution in [0.25, 0.3) is 0 Å². The third kappa shape index (κ3) is 5.89. The lowest BCUT2D eigenvalue weighted by molar-refractivity contribution is -0.113. The van der Waals surface area contributed by atoms with Crippen molar-refractivity contribution >= 4 is 23.4 Å². The number of nitrogens with zero attached hydrogens (tertiary/aromatic N) is 3. The number of methoxy groups -OCH3 is 1. The first-order valence-corrected chi connectivity index (χ1v) is 11.7. The third-order valence-electron chi connectivity index (χ3n) is 4.90. The van der Waals surface area contributed by atoms with E-state index in [-0.39, 0.29) is 18.3 Å². The molecule has 33 heavy (non-hydrogen) atoms. The van der Waals surface area contributed by atoms with E-state index in [0.29, 0.717) is 53.7 Å². The fourth-order valence-corrected chi connectivity index (χ4v) is 4.06. The summed E-state index contributed by atoms with van der Waals surface area (Å²) in [6, 6.07) is 12.8. The van der Waals surface area contributed by atoms with Crippen molar-refractivity contribution in [2.45, 2.75) is 31.7 Å². The van der Waals surface area contributed by atoms with E-state index in [9.17, 15) is 4.79 Å². The van der Waals surface area contributed by atoms with Gasteiger partial charge >= 0.3 is 0 Å². The van der Waals surface area contributed by atoms with Crippen LogP contribution < -0.4 is 24.3 Å². The van der Waals surface area contributed by atoms with Crippen LogP contribution in [0.3, 0.4) is 0 Å². The van der Waals surface area contributed by atoms with E-state index in [1.807, 2.05) is 41.8 Å². The average molecular weight is 471 g/mol. The molecule has 1 aromatic heterocycles. The van der Waals surface area contributed by atoms with Crippen molar-refractivity contribution in [3.63, 3.8) is 0 Å². The number of ether oxygens (including phenoxy) is 4. The van der Waals surface area contributed by atoms with Gasteiger partial charge in [0.25, 0.3) is 0 Å². The van der Waals surface area contributed by atoms with Gasteiger partial charge in [-0.25, -0.2) is 0 Å². The molecule has 1 aliphatic heterocycles. The predicted molar refractivity (Wildman–Crippen MR) is 124 cm³/mol. The molecule has 1 N–H and O–H groups in total. The molecular formula is C23H26N4O5S. The average Bonchev–Trinajstić information content (AvgIpc) is 3.08. The smallest absolute Gasteiger partial charge is 0.234 e. The van der Waals surface area contributed by atoms with Crippen LogP contribution in [0.1, 0.15) is 19.2 Å². The number of carbonyl (C=O) groups is 1. The largest absolute Gasteiger partial charge is 0.497 e. The summed E-state index contributed by atoms with van der Waals surface area (Å²) < 4.78 is 24.2. The highest BCUT2D eigenvalue weighted by Crippen LogP contribution is 2.32. The Morgan fingerprint density at radius 1 is 1.09 bits per heavy atom. The summed E-state index contributed by atoms with van der Waals surface area (Å²) in [5.74, 6) is 3.57. The second kappa shape index (κ2) is 11.0. The lowest BCUT2D eigenvalue weighted by atomic mass is 10.2. The van der Waals surface area contributed by atoms with Crippen molar-refractivity contribution in [1.29, 1.82) is 0 Å². The molecule has 4 rings (SSSR count). The Balaban J connectivity index is 1.32. The van der Waals surface area contributed by atoms with Gasteiger partial charge in [0.05, 0.1) is 26.1 Å². The number of rotatable bonds is 9. The maximum atomic E-state index is 12.5. The minimum Gasteiger partial charge on any atom is -0.497 e. The number of amides is 1. The Morgan fingerprint density at radius 2 is 1.85 bits per heavy atom. The van der Waals surface area contributed by atoms with Crippen molar-refractivity contribution in [3.8, 4) is 23.0 Å². The standard InChI is InChI=1S/C23H26N4O5S/c1-3-27-21(14-32-18-8-6-17(29-2)7-9-18)25-26-23(27)33-15-22(28)24-16-5-10-19-20(13-16)31-12-4-11-30-19/h5-10,13H,3-4,11-12,14-15H2,1-2H3,(H,24,28). The molecule has 9 nitrogen and oxygen atoms in total. The van der Waals surface area contributed by atoms with Crippen molar-refractivity contribution in [3.05, 3.63) is 48.3 Å². The minimum atomic E-state index is -0.142. The molecule has 174 valence electrons. The Hall–Kier alpha value is -3.40. The number of anilines is 1. The number of fused-ring (bicyclic) bond motifs is 1. The number of benzene rings is 2. The van der Waals surface area contributed by atoms with Gasteiger partial charge in [0.2, 0.25) is 5.91 Å². The van der Waals surface area contributed by atoms with Gasteiger partial charge in [-0.05, 0) is 43.3 Å². The number of nitrogens with one attached hydrogen (secondary N) is 1. The molecule has 0 radical (unpaired) electrons. The molecule has 0 aliphatic carbocycles. The topological polar surface area (TPSA) is 96.7 Å². The van der Waals surface area contributed by atoms with Gasteiger partial charge in [-0.2, -0.15) is 0 Å². The quantitative estimate of drug-likeness (QED) is 0.472. The molecule has 1 aliphatic rings. The maximum Gasteiger partial charge on any atom is 0.234 e. The number of hydrogen-bond donors (Lipinski definition) is 1. The molecule has 3 aromatic rings. The Morgan fingerprint density at radius 3 is 2.61 bits per heavy atom. The summed E-state index contributed by atoms with van der Waals surface area (Å²) in [7, 11) is 1.62. The van der Waals surface area contributed by atoms with Crippen molar-refractivity contribution in [2.24, 2.45) is 0 Å². The number of aromatic nitrogens is 3. The Labute approximate surface area is 196 Å². The molecule has 0 saturated carbocycles. The van der Waals surface area contributed by atoms with E-state index in [1.165, 1.54) is 11.8 Å². The van der Waals surface area contributed by atoms with Crippen molar-refractivity contribution in [1.82, 2.24) is 14.8 Å². The van der Waals surface area contributed by atoms with Gasteiger partial charge < -0.3 is 28.8 Å². The zero-order chi connectivity index (χ0) is 23.0. The molecule has 10 heteroatoms. The Kier molecular flexibility index (Phi) is 7.56. The highest BCUT2D eigenvalue weighted by molar-refractivity contribution is 7.99. The molecule has 1 amide bonds. The molecule has 2 heterocycles. The summed E-state index contributed by atoms with van der Waals surface area (Å²) in [4.78, 5) is 12.5. The first-order chi connectivity index (χ1) is 16.2. The van der Waals surface area contributed by atoms with Crippen molar-refractivity contribution in [2.75, 3.05) is 31.4 Å². The normalized spacial score (nSPS) is 12.7. The van der Waals surface area contributed by atoms with E-state index >= 15 is 0 Å². The van der Waals surface area contributed by atoms with Crippen LogP contribution in [0.15, 0.2) is 47.6 Å². The second-order valence-corrected chi connectivity index (χ2v) is 8.10. The van der Waals surface area contributed by atoms with Crippen LogP contribution in [0.2, 0.25) is 0 Å². The number of carbonyl (C=O) groups excluding carboxylic acids is 1. The van der Waals surface area contributed by atoms with E-state index < -0.39 is 0 Å². The summed E-state index contributed by atoms with van der Waals surface area (Å²) in [5, 5.41) is 12.0. The number of hydrogen-bond acceptors (Lipinski definition) is 8. The summed E-state index contributed by atoms with van der Waals surface area (Å²) in [5.41, 5.74) is 0.662. The predicted octanol–water partition coefficient (Wildman–Crippen LogP) is 3.78. The van der Waals surface area contributed by atoms with Gasteiger partial charge in [-0.15, -0.1) is 10.2 Å². The maximum absolute atomic E-state index is 12.5. The molecule has 0 fully saturated rings. The Bertz CT molecular complexity index is 1090. The fraction of sp³-hybridized carbons (Fsp3) is 0.348. The molecule has 0 atom stereocenters. The fourth-order valence-electron chi connectivity index (χ4n) is 3.24. The van der Waals surface area contributed by atoms with Gasteiger partial charge in [-0.1, -0.05) is 11.8 Å². The van der Waals surface area contributed by atoms with Crippen LogP contribution in [-0.2, 0) is 17.9 Å². The van der Waals surface area contributed by atoms with E-state index in [4.69, 9.17) is 18.9 Å². The molecule has 0 bridgehead atoms. The monoisotopic (exact) mass is 470 g/mol. The van der Waals surface area contributed by atoms with Gasteiger partial charge in [0.15, 0.2) is 22.5 Å². The van der Waals surface area contributed by atoms with E-state index in [1.54, 1.807) is 19.2 Å². The summed E-state index contributed by atoms with van der Waals surface area (Å²) >= 11 is 1.33. The highest BCUT2D eigenvalue weighted by atomic mass is 32.2. The van der Waals surface area contributed by atoms with Crippen LogP contribution in [-0.4, -0.2) is 46.7 Å². The van der Waals surface area contributed by atoms with Crippen LogP contribution in [0, 0.1) is 0 Å². The first-order valence-electron chi connectivity index (χ1n) is 10.7. The van der Waals surface area contributed by atoms with E-state index in [0.717, 1.165) is 12.2 Å². The van der Waals surface area contributed by atoms with Crippen LogP contribution in [0.5, 0.6) is 23.0 Å². The molecular weight excluding hydrogens is 444 g/mol. The lowest BCUT2D eigenvalue weighted by Crippen LogP contribution is -2.15. The van der Waals surface area contributed by atoms with Crippen LogP contribution in [0.4, 0.5) is 5.69 Å². The molecule has 2 aromatic carbocycles. The zero-order valence-electron chi connectivity index (χ0n) is 18.6. The summed E-state index contributed by atoms with van der Waals surface area (Å²) in [6.07, 6.45) is 0.832. The van der Waals surface area contributed by atoms with E-state index in [2.05, 4.69) is 15.5 Å². The van der Waals surface area contributed by atoms with Crippen molar-refractivity contribution < 1.29 is 23.7 Å². The second-order valence-electron chi connectivity index (χ2n) is 7.16. The van der Waals surface area contributed by atoms with Crippen LogP contribution >= 0.6 is 11.8 Å². The SMILES string of the molecule is CCn1c(COc2ccc(OC)cc2)nnc1SCC(=O)Nc1ccc2c(c1)OCCCO2. The number of thioether (sulfide) groups is 1. The zero-order valence-corrected chi connectivity index (χ0v) is 19.4. The minimum absolute atomic E-state index is 0.142. The first kappa shape index (κ1) is 22.8. The molecule has 0 spiro atoms. The van der Waals surface area contributed by atoms with Gasteiger partial charge in [0.1, 0.15) is 18.1 Å². The van der Waals surface area contributed by atoms with Gasteiger partial charge in [0, 0.05) is 24.7 Å². The molecule has 0 saturated heterocycles. The third-order valence-corrected chi connectivity index (χ3v) is 5.87. The highest BCUT2D eigenvalue weighted by Gasteiger charge is 2.15. The van der Waals surface area contributed by atoms with Gasteiger partial charge in [-0.3, -0.25) is 4.79 Å². The lowest BCUT2D eigenvalue weighted by Gasteiger charge is -2.11.